The predicted molar refractivity (Wildman–Crippen MR) is 98.1 cm³/mol. The smallest absolute Gasteiger partial charge is 0.416 e. The molecule has 0 heterocycles. The monoisotopic (exact) mass is 435 g/mol. The van der Waals surface area contributed by atoms with Gasteiger partial charge in [-0.3, -0.25) is 4.79 Å². The van der Waals surface area contributed by atoms with Crippen LogP contribution in [0.5, 0.6) is 17.2 Å². The van der Waals surface area contributed by atoms with E-state index in [1.807, 2.05) is 0 Å². The van der Waals surface area contributed by atoms with E-state index < -0.39 is 29.1 Å². The molecule has 0 N–H and O–H groups in total. The van der Waals surface area contributed by atoms with Crippen LogP contribution in [0.15, 0.2) is 41.6 Å². The third kappa shape index (κ3) is 5.36. The maximum Gasteiger partial charge on any atom is 0.416 e. The van der Waals surface area contributed by atoms with Gasteiger partial charge in [0.15, 0.2) is 0 Å². The quantitative estimate of drug-likeness (QED) is 0.224. The second-order valence-corrected chi connectivity index (χ2v) is 6.86. The largest absolute Gasteiger partial charge is 0.456 e. The lowest BCUT2D eigenvalue weighted by atomic mass is 10.0. The van der Waals surface area contributed by atoms with Crippen molar-refractivity contribution in [1.29, 1.82) is 0 Å². The fourth-order valence-electron chi connectivity index (χ4n) is 2.34. The number of esters is 1. The Kier molecular flexibility index (Phi) is 6.90. The van der Waals surface area contributed by atoms with Gasteiger partial charge in [-0.25, -0.2) is 0 Å². The Bertz CT molecular complexity index is 888. The Morgan fingerprint density at radius 1 is 1.14 bits per heavy atom. The molecule has 0 amide bonds. The highest BCUT2D eigenvalue weighted by molar-refractivity contribution is 6.32. The van der Waals surface area contributed by atoms with Gasteiger partial charge < -0.3 is 9.47 Å². The molecular formula is C18H14Cl2F3NO4. The van der Waals surface area contributed by atoms with Gasteiger partial charge in [-0.2, -0.15) is 18.1 Å². The number of carbonyl (C=O) groups is 1. The standard InChI is InChI=1S/C18H14Cl2F3NO4/c1-9(19)17(24-26)13-8-12(4-6-15(13)27-10(2)25)28-16-5-3-11(7-14(16)20)18(21,22)23/h3-9,17H,1-2H3. The first-order chi connectivity index (χ1) is 13.0. The lowest BCUT2D eigenvalue weighted by Gasteiger charge is -2.17. The first-order valence-corrected chi connectivity index (χ1v) is 8.68. The zero-order valence-electron chi connectivity index (χ0n) is 14.6. The number of hydrogen-bond acceptors (Lipinski definition) is 5. The van der Waals surface area contributed by atoms with E-state index in [2.05, 4.69) is 5.18 Å². The van der Waals surface area contributed by atoms with Crippen molar-refractivity contribution in [2.75, 3.05) is 0 Å². The van der Waals surface area contributed by atoms with Gasteiger partial charge in [-0.15, -0.1) is 11.6 Å². The van der Waals surface area contributed by atoms with E-state index in [0.717, 1.165) is 18.2 Å². The number of nitroso groups, excluding NO2 is 1. The van der Waals surface area contributed by atoms with Crippen LogP contribution >= 0.6 is 23.2 Å². The summed E-state index contributed by atoms with van der Waals surface area (Å²) < 4.78 is 48.8. The highest BCUT2D eigenvalue weighted by Gasteiger charge is 2.31. The second-order valence-electron chi connectivity index (χ2n) is 5.77. The summed E-state index contributed by atoms with van der Waals surface area (Å²) in [5.41, 5.74) is -0.731. The molecule has 10 heteroatoms. The van der Waals surface area contributed by atoms with Crippen LogP contribution in [0.4, 0.5) is 13.2 Å². The summed E-state index contributed by atoms with van der Waals surface area (Å²) in [6, 6.07) is 5.70. The number of alkyl halides is 4. The van der Waals surface area contributed by atoms with Gasteiger partial charge in [0, 0.05) is 12.5 Å². The van der Waals surface area contributed by atoms with Crippen LogP contribution in [0, 0.1) is 4.91 Å². The van der Waals surface area contributed by atoms with Crippen molar-refractivity contribution >= 4 is 29.2 Å². The Morgan fingerprint density at radius 3 is 2.29 bits per heavy atom. The van der Waals surface area contributed by atoms with Gasteiger partial charge in [0.25, 0.3) is 0 Å². The summed E-state index contributed by atoms with van der Waals surface area (Å²) in [6.07, 6.45) is -4.54. The highest BCUT2D eigenvalue weighted by Crippen LogP contribution is 2.39. The van der Waals surface area contributed by atoms with Crippen LogP contribution < -0.4 is 9.47 Å². The van der Waals surface area contributed by atoms with Crippen LogP contribution in [-0.2, 0) is 11.0 Å². The molecule has 0 radical (unpaired) electrons. The van der Waals surface area contributed by atoms with E-state index in [1.165, 1.54) is 32.0 Å². The molecule has 0 saturated carbocycles. The van der Waals surface area contributed by atoms with Gasteiger partial charge in [-0.05, 0) is 43.3 Å². The average Bonchev–Trinajstić information content (AvgIpc) is 2.57. The number of ether oxygens (including phenoxy) is 2. The fourth-order valence-corrected chi connectivity index (χ4v) is 2.74. The molecule has 2 rings (SSSR count). The zero-order chi connectivity index (χ0) is 21.1. The van der Waals surface area contributed by atoms with Crippen LogP contribution in [0.25, 0.3) is 0 Å². The molecule has 5 nitrogen and oxygen atoms in total. The topological polar surface area (TPSA) is 65.0 Å². The van der Waals surface area contributed by atoms with Crippen molar-refractivity contribution in [3.8, 4) is 17.2 Å². The van der Waals surface area contributed by atoms with Gasteiger partial charge in [0.2, 0.25) is 0 Å². The first-order valence-electron chi connectivity index (χ1n) is 7.86. The predicted octanol–water partition coefficient (Wildman–Crippen LogP) is 6.51. The Labute approximate surface area is 168 Å². The summed E-state index contributed by atoms with van der Waals surface area (Å²) >= 11 is 11.9. The van der Waals surface area contributed by atoms with Crippen molar-refractivity contribution in [2.24, 2.45) is 5.18 Å². The van der Waals surface area contributed by atoms with E-state index >= 15 is 0 Å². The minimum Gasteiger partial charge on any atom is -0.456 e. The van der Waals surface area contributed by atoms with E-state index in [-0.39, 0.29) is 27.8 Å². The molecule has 2 atom stereocenters. The molecule has 28 heavy (non-hydrogen) atoms. The van der Waals surface area contributed by atoms with Crippen molar-refractivity contribution in [3.05, 3.63) is 57.5 Å². The Hall–Kier alpha value is -2.32. The highest BCUT2D eigenvalue weighted by atomic mass is 35.5. The third-order valence-corrected chi connectivity index (χ3v) is 4.12. The summed E-state index contributed by atoms with van der Waals surface area (Å²) in [6.45, 7) is 2.72. The van der Waals surface area contributed by atoms with Gasteiger partial charge in [-0.1, -0.05) is 16.8 Å². The SMILES string of the molecule is CC(=O)Oc1ccc(Oc2ccc(C(F)(F)F)cc2Cl)cc1C(N=O)C(C)Cl. The molecule has 0 bridgehead atoms. The molecule has 0 aliphatic carbocycles. The Morgan fingerprint density at radius 2 is 1.79 bits per heavy atom. The molecule has 0 aromatic heterocycles. The Balaban J connectivity index is 2.41. The molecule has 2 unspecified atom stereocenters. The minimum atomic E-state index is -4.54. The van der Waals surface area contributed by atoms with Crippen LogP contribution in [0.3, 0.4) is 0 Å². The summed E-state index contributed by atoms with van der Waals surface area (Å²) in [5.74, 6) is -0.447. The third-order valence-electron chi connectivity index (χ3n) is 3.59. The number of benzene rings is 2. The maximum atomic E-state index is 12.7. The van der Waals surface area contributed by atoms with Crippen LogP contribution in [0.2, 0.25) is 5.02 Å². The van der Waals surface area contributed by atoms with Crippen molar-refractivity contribution < 1.29 is 27.4 Å². The van der Waals surface area contributed by atoms with E-state index in [4.69, 9.17) is 32.7 Å². The molecule has 0 aliphatic rings. The molecule has 0 spiro atoms. The number of nitrogens with zero attached hydrogens (tertiary/aromatic N) is 1. The molecule has 150 valence electrons. The summed E-state index contributed by atoms with van der Waals surface area (Å²) in [5, 5.41) is 1.97. The number of carbonyl (C=O) groups excluding carboxylic acids is 1. The van der Waals surface area contributed by atoms with E-state index in [1.54, 1.807) is 0 Å². The number of rotatable bonds is 6. The molecule has 2 aromatic carbocycles. The van der Waals surface area contributed by atoms with Crippen LogP contribution in [-0.4, -0.2) is 11.3 Å². The zero-order valence-corrected chi connectivity index (χ0v) is 16.1. The summed E-state index contributed by atoms with van der Waals surface area (Å²) in [4.78, 5) is 22.5. The number of hydrogen-bond donors (Lipinski definition) is 0. The lowest BCUT2D eigenvalue weighted by Crippen LogP contribution is -2.11. The van der Waals surface area contributed by atoms with Gasteiger partial charge in [0.05, 0.1) is 16.0 Å². The molecule has 0 saturated heterocycles. The fraction of sp³-hybridized carbons (Fsp3) is 0.278. The maximum absolute atomic E-state index is 12.7. The van der Waals surface area contributed by atoms with Crippen LogP contribution in [0.1, 0.15) is 31.0 Å². The molecule has 2 aromatic rings. The van der Waals surface area contributed by atoms with Gasteiger partial charge >= 0.3 is 12.1 Å². The van der Waals surface area contributed by atoms with Crippen molar-refractivity contribution in [3.63, 3.8) is 0 Å². The lowest BCUT2D eigenvalue weighted by molar-refractivity contribution is -0.137. The number of halogens is 5. The molecule has 0 aliphatic heterocycles. The van der Waals surface area contributed by atoms with E-state index in [0.29, 0.717) is 0 Å². The van der Waals surface area contributed by atoms with Crippen molar-refractivity contribution in [2.45, 2.75) is 31.4 Å². The van der Waals surface area contributed by atoms with Crippen molar-refractivity contribution in [1.82, 2.24) is 0 Å². The van der Waals surface area contributed by atoms with E-state index in [9.17, 15) is 22.9 Å². The first kappa shape index (κ1) is 22.0. The van der Waals surface area contributed by atoms with Gasteiger partial charge in [0.1, 0.15) is 23.3 Å². The second kappa shape index (κ2) is 8.79. The molecular weight excluding hydrogens is 422 g/mol. The summed E-state index contributed by atoms with van der Waals surface area (Å²) in [7, 11) is 0. The minimum absolute atomic E-state index is 0.0320. The normalized spacial score (nSPS) is 13.5. The average molecular weight is 436 g/mol. The molecule has 0 fully saturated rings.